The molecule has 15 heavy (non-hydrogen) atoms. The fraction of sp³-hybridized carbons (Fsp3) is 0.273. The van der Waals surface area contributed by atoms with Crippen molar-refractivity contribution in [2.75, 3.05) is 11.4 Å². The first kappa shape index (κ1) is 9.71. The van der Waals surface area contributed by atoms with Gasteiger partial charge in [0, 0.05) is 12.2 Å². The van der Waals surface area contributed by atoms with Crippen molar-refractivity contribution >= 4 is 17.6 Å². The van der Waals surface area contributed by atoms with Gasteiger partial charge >= 0.3 is 5.97 Å². The van der Waals surface area contributed by atoms with Gasteiger partial charge in [0.25, 0.3) is 0 Å². The summed E-state index contributed by atoms with van der Waals surface area (Å²) in [4.78, 5) is 24.1. The number of rotatable bonds is 2. The number of aromatic carboxylic acids is 1. The van der Waals surface area contributed by atoms with E-state index in [9.17, 15) is 9.59 Å². The summed E-state index contributed by atoms with van der Waals surface area (Å²) in [6.45, 7) is 2.45. The van der Waals surface area contributed by atoms with Crippen molar-refractivity contribution in [1.29, 1.82) is 0 Å². The lowest BCUT2D eigenvalue weighted by atomic mass is 10.1. The van der Waals surface area contributed by atoms with Gasteiger partial charge in [0.1, 0.15) is 0 Å². The Morgan fingerprint density at radius 2 is 2.27 bits per heavy atom. The van der Waals surface area contributed by atoms with Crippen LogP contribution < -0.4 is 4.90 Å². The molecule has 0 unspecified atom stereocenters. The van der Waals surface area contributed by atoms with Crippen molar-refractivity contribution in [3.8, 4) is 0 Å². The molecule has 1 aliphatic rings. The molecule has 0 saturated carbocycles. The maximum Gasteiger partial charge on any atom is 0.336 e. The molecular weight excluding hydrogens is 194 g/mol. The summed E-state index contributed by atoms with van der Waals surface area (Å²) in [5.74, 6) is -1.00. The second-order valence-electron chi connectivity index (χ2n) is 3.42. The maximum absolute atomic E-state index is 11.6. The second-order valence-corrected chi connectivity index (χ2v) is 3.42. The number of carbonyl (C=O) groups excluding carboxylic acids is 1. The molecule has 0 aliphatic carbocycles. The predicted octanol–water partition coefficient (Wildman–Crippen LogP) is 1.29. The van der Waals surface area contributed by atoms with Crippen LogP contribution in [-0.4, -0.2) is 23.5 Å². The first-order valence-electron chi connectivity index (χ1n) is 4.80. The van der Waals surface area contributed by atoms with E-state index in [2.05, 4.69) is 0 Å². The van der Waals surface area contributed by atoms with Crippen LogP contribution in [0.4, 0.5) is 5.69 Å². The number of hydrogen-bond acceptors (Lipinski definition) is 2. The number of likely N-dealkylation sites (N-methyl/N-ethyl adjacent to an activating group) is 1. The molecule has 0 saturated heterocycles. The van der Waals surface area contributed by atoms with Crippen molar-refractivity contribution in [3.05, 3.63) is 29.3 Å². The largest absolute Gasteiger partial charge is 0.478 e. The van der Waals surface area contributed by atoms with E-state index in [0.29, 0.717) is 12.1 Å². The first-order valence-corrected chi connectivity index (χ1v) is 4.80. The Labute approximate surface area is 87.1 Å². The Kier molecular flexibility index (Phi) is 2.19. The number of nitrogens with zero attached hydrogens (tertiary/aromatic N) is 1. The number of carbonyl (C=O) groups is 2. The zero-order chi connectivity index (χ0) is 11.0. The van der Waals surface area contributed by atoms with Crippen LogP contribution in [0.25, 0.3) is 0 Å². The molecule has 0 aromatic heterocycles. The first-order chi connectivity index (χ1) is 7.15. The molecule has 0 bridgehead atoms. The van der Waals surface area contributed by atoms with Crippen molar-refractivity contribution in [1.82, 2.24) is 0 Å². The van der Waals surface area contributed by atoms with Gasteiger partial charge in [0.15, 0.2) is 0 Å². The lowest BCUT2D eigenvalue weighted by Gasteiger charge is -2.14. The minimum Gasteiger partial charge on any atom is -0.478 e. The van der Waals surface area contributed by atoms with E-state index in [1.807, 2.05) is 6.92 Å². The van der Waals surface area contributed by atoms with Gasteiger partial charge in [-0.25, -0.2) is 4.79 Å². The van der Waals surface area contributed by atoms with Crippen LogP contribution in [-0.2, 0) is 11.2 Å². The van der Waals surface area contributed by atoms with Crippen LogP contribution in [0.15, 0.2) is 18.2 Å². The van der Waals surface area contributed by atoms with E-state index in [-0.39, 0.29) is 17.9 Å². The molecule has 1 amide bonds. The minimum absolute atomic E-state index is 0.0267. The van der Waals surface area contributed by atoms with Crippen molar-refractivity contribution in [3.63, 3.8) is 0 Å². The van der Waals surface area contributed by atoms with Crippen LogP contribution >= 0.6 is 0 Å². The molecule has 4 heteroatoms. The van der Waals surface area contributed by atoms with Gasteiger partial charge in [0.05, 0.1) is 12.0 Å². The molecule has 4 nitrogen and oxygen atoms in total. The molecule has 0 fully saturated rings. The number of fused-ring (bicyclic) bond motifs is 1. The Bertz CT molecular complexity index is 439. The summed E-state index contributed by atoms with van der Waals surface area (Å²) in [6, 6.07) is 4.99. The summed E-state index contributed by atoms with van der Waals surface area (Å²) < 4.78 is 0. The molecule has 78 valence electrons. The number of anilines is 1. The molecule has 0 atom stereocenters. The third kappa shape index (κ3) is 1.38. The summed E-state index contributed by atoms with van der Waals surface area (Å²) >= 11 is 0. The third-order valence-electron chi connectivity index (χ3n) is 2.62. The fourth-order valence-electron chi connectivity index (χ4n) is 1.94. The molecule has 1 N–H and O–H groups in total. The van der Waals surface area contributed by atoms with E-state index in [0.717, 1.165) is 5.69 Å². The highest BCUT2D eigenvalue weighted by Crippen LogP contribution is 2.31. The predicted molar refractivity (Wildman–Crippen MR) is 55.1 cm³/mol. The van der Waals surface area contributed by atoms with Crippen LogP contribution in [0.1, 0.15) is 22.8 Å². The topological polar surface area (TPSA) is 57.6 Å². The smallest absolute Gasteiger partial charge is 0.336 e. The summed E-state index contributed by atoms with van der Waals surface area (Å²) in [6.07, 6.45) is 0.200. The standard InChI is InChI=1S/C11H11NO3/c1-2-12-9-5-3-4-7(11(14)15)8(9)6-10(12)13/h3-5H,2,6H2,1H3,(H,14,15). The van der Waals surface area contributed by atoms with Crippen LogP contribution in [0.3, 0.4) is 0 Å². The Balaban J connectivity index is 2.57. The maximum atomic E-state index is 11.6. The summed E-state index contributed by atoms with van der Waals surface area (Å²) in [7, 11) is 0. The molecule has 0 spiro atoms. The van der Waals surface area contributed by atoms with Gasteiger partial charge < -0.3 is 10.0 Å². The minimum atomic E-state index is -0.974. The SMILES string of the molecule is CCN1C(=O)Cc2c(C(=O)O)cccc21. The molecule has 1 heterocycles. The Morgan fingerprint density at radius 1 is 1.53 bits per heavy atom. The van der Waals surface area contributed by atoms with Crippen molar-refractivity contribution in [2.45, 2.75) is 13.3 Å². The normalized spacial score (nSPS) is 14.2. The number of amides is 1. The van der Waals surface area contributed by atoms with Crippen molar-refractivity contribution in [2.24, 2.45) is 0 Å². The number of carboxylic acids is 1. The van der Waals surface area contributed by atoms with Gasteiger partial charge in [0.2, 0.25) is 5.91 Å². The van der Waals surface area contributed by atoms with Gasteiger partial charge in [-0.2, -0.15) is 0 Å². The fourth-order valence-corrected chi connectivity index (χ4v) is 1.94. The average molecular weight is 205 g/mol. The van der Waals surface area contributed by atoms with Crippen LogP contribution in [0.5, 0.6) is 0 Å². The zero-order valence-corrected chi connectivity index (χ0v) is 8.36. The number of carboxylic acid groups (broad SMARTS) is 1. The zero-order valence-electron chi connectivity index (χ0n) is 8.36. The molecule has 1 aromatic carbocycles. The molecule has 1 aliphatic heterocycles. The summed E-state index contributed by atoms with van der Waals surface area (Å²) in [5, 5.41) is 8.96. The van der Waals surface area contributed by atoms with Crippen LogP contribution in [0.2, 0.25) is 0 Å². The highest BCUT2D eigenvalue weighted by Gasteiger charge is 2.29. The molecular formula is C11H11NO3. The second kappa shape index (κ2) is 3.38. The Hall–Kier alpha value is -1.84. The van der Waals surface area contributed by atoms with Gasteiger partial charge in [-0.05, 0) is 24.6 Å². The molecule has 0 radical (unpaired) electrons. The van der Waals surface area contributed by atoms with E-state index in [4.69, 9.17) is 5.11 Å². The van der Waals surface area contributed by atoms with Gasteiger partial charge in [-0.1, -0.05) is 6.07 Å². The molecule has 2 rings (SSSR count). The molecule has 1 aromatic rings. The highest BCUT2D eigenvalue weighted by atomic mass is 16.4. The van der Waals surface area contributed by atoms with Gasteiger partial charge in [-0.3, -0.25) is 4.79 Å². The average Bonchev–Trinajstić information content (AvgIpc) is 2.52. The quantitative estimate of drug-likeness (QED) is 0.791. The lowest BCUT2D eigenvalue weighted by Crippen LogP contribution is -2.25. The third-order valence-corrected chi connectivity index (χ3v) is 2.62. The van der Waals surface area contributed by atoms with E-state index in [1.165, 1.54) is 6.07 Å². The van der Waals surface area contributed by atoms with Crippen molar-refractivity contribution < 1.29 is 14.7 Å². The van der Waals surface area contributed by atoms with E-state index in [1.54, 1.807) is 17.0 Å². The van der Waals surface area contributed by atoms with Gasteiger partial charge in [-0.15, -0.1) is 0 Å². The van der Waals surface area contributed by atoms with E-state index >= 15 is 0 Å². The number of hydrogen-bond donors (Lipinski definition) is 1. The lowest BCUT2D eigenvalue weighted by molar-refractivity contribution is -0.117. The Morgan fingerprint density at radius 3 is 2.87 bits per heavy atom. The van der Waals surface area contributed by atoms with Crippen LogP contribution in [0, 0.1) is 0 Å². The monoisotopic (exact) mass is 205 g/mol. The highest BCUT2D eigenvalue weighted by molar-refractivity contribution is 6.05. The van der Waals surface area contributed by atoms with E-state index < -0.39 is 5.97 Å². The number of benzene rings is 1. The summed E-state index contributed by atoms with van der Waals surface area (Å²) in [5.41, 5.74) is 1.61.